The van der Waals surface area contributed by atoms with Gasteiger partial charge in [0.15, 0.2) is 0 Å². The van der Waals surface area contributed by atoms with Crippen molar-refractivity contribution in [2.75, 3.05) is 26.2 Å². The summed E-state index contributed by atoms with van der Waals surface area (Å²) < 4.78 is 0. The maximum atomic E-state index is 12.4. The number of carbonyl (C=O) groups is 24. The lowest BCUT2D eigenvalue weighted by Crippen LogP contribution is -2.58. The molecule has 0 aromatic heterocycles. The highest BCUT2D eigenvalue weighted by Crippen LogP contribution is 2.10. The van der Waals surface area contributed by atoms with Gasteiger partial charge in [0.1, 0.15) is 109 Å². The molecule has 0 fully saturated rings. The molecular weight excluding hydrogens is 1910 g/mol. The number of hydrogen-bond acceptors (Lipinski definition) is 32. The van der Waals surface area contributed by atoms with E-state index in [0.29, 0.717) is 64.0 Å². The summed E-state index contributed by atoms with van der Waals surface area (Å²) in [6.45, 7) is 40.7. The Labute approximate surface area is 846 Å². The van der Waals surface area contributed by atoms with Gasteiger partial charge < -0.3 is 173 Å². The zero-order valence-corrected chi connectivity index (χ0v) is 87.1. The number of nitrogens with two attached hydrogens (primary N) is 9. The van der Waals surface area contributed by atoms with E-state index >= 15 is 0 Å². The second-order valence-corrected chi connectivity index (χ2v) is 33.8. The number of primary amides is 6. The maximum absolute atomic E-state index is 12.4. The fourth-order valence-electron chi connectivity index (χ4n) is 11.3. The number of aliphatic hydroxyl groups excluding tert-OH is 2. The third kappa shape index (κ3) is 73.0. The molecular formula is C89H166N30O26. The van der Waals surface area contributed by atoms with Gasteiger partial charge in [0.05, 0.1) is 30.2 Å². The van der Waals surface area contributed by atoms with Crippen LogP contribution in [0.15, 0.2) is 37.2 Å². The molecule has 0 saturated carbocycles. The first-order chi connectivity index (χ1) is 67.1. The van der Waals surface area contributed by atoms with E-state index in [1.807, 2.05) is 20.8 Å². The zero-order chi connectivity index (χ0) is 114. The van der Waals surface area contributed by atoms with Crippen LogP contribution in [0, 0.1) is 0 Å². The molecule has 56 heteroatoms. The van der Waals surface area contributed by atoms with Crippen molar-refractivity contribution in [1.29, 1.82) is 0 Å². The van der Waals surface area contributed by atoms with Gasteiger partial charge in [0.2, 0.25) is 142 Å². The molecule has 145 heavy (non-hydrogen) atoms. The van der Waals surface area contributed by atoms with Crippen molar-refractivity contribution in [2.24, 2.45) is 51.6 Å². The van der Waals surface area contributed by atoms with Crippen molar-refractivity contribution in [2.45, 2.75) is 356 Å². The van der Waals surface area contributed by atoms with Gasteiger partial charge in [-0.25, -0.2) is 0 Å². The highest BCUT2D eigenvalue weighted by atomic mass is 16.3. The molecule has 0 spiro atoms. The average Bonchev–Trinajstić information content (AvgIpc) is 0.866. The molecule has 0 aliphatic carbocycles. The Morgan fingerprint density at radius 1 is 0.221 bits per heavy atom. The molecule has 0 saturated heterocycles. The van der Waals surface area contributed by atoms with Crippen molar-refractivity contribution in [3.8, 4) is 0 Å². The van der Waals surface area contributed by atoms with Crippen LogP contribution in [0.4, 0.5) is 0 Å². The number of rotatable bonds is 63. The van der Waals surface area contributed by atoms with E-state index in [-0.39, 0.29) is 54.5 Å². The van der Waals surface area contributed by atoms with Crippen LogP contribution in [-0.4, -0.2) is 293 Å². The highest BCUT2D eigenvalue weighted by Gasteiger charge is 2.35. The predicted octanol–water partition coefficient (Wildman–Crippen LogP) is -10.4. The Morgan fingerprint density at radius 3 is 0.572 bits per heavy atom. The second kappa shape index (κ2) is 78.8. The van der Waals surface area contributed by atoms with Gasteiger partial charge >= 0.3 is 0 Å². The number of unbranched alkanes of at least 4 members (excludes halogenated alkanes) is 4. The SMILES string of the molecule is C=C(N)NCCC[C@H](NC(=O)[C@H](C)NC(C)=O)C(=O)N[C@@H](C)C(N)=O.C=C(N)NCCC[C@H](NC(=O)[C@H](CO)NC(C)=O)C(=O)N[C@@H](C)C(N)=O.C=C(N)NCCC[C@H](NC(=O)[C@H](NC(C)=O)[C@@H](C)O)C(=O)N[C@@H](C)C(N)=O.CCCCC[C@H](NC(=O)[C@H](C)NC(C)=O)C(=O)N[C@@H](C)C(N)=O.CCCC[C@H](NC(=O)[C@H](C)NC(C)=O)C(=O)N[C@@H](C)C(N)=O.CCCC[C@H](NC(=O)[C@H](C)NC(C)=O)C(=O)N[C@@H](C)C(N)=O. The fraction of sp³-hybridized carbons (Fsp3) is 0.663. The van der Waals surface area contributed by atoms with Gasteiger partial charge in [-0.1, -0.05) is 85.5 Å². The van der Waals surface area contributed by atoms with Gasteiger partial charge in [0.25, 0.3) is 0 Å². The molecule has 0 aromatic carbocycles. The second-order valence-electron chi connectivity index (χ2n) is 33.8. The van der Waals surface area contributed by atoms with Crippen LogP contribution < -0.4 is 163 Å². The average molecular weight is 2070 g/mol. The summed E-state index contributed by atoms with van der Waals surface area (Å²) in [5.74, 6) is -12.2. The van der Waals surface area contributed by atoms with E-state index in [4.69, 9.17) is 51.6 Å². The number of nitrogens with one attached hydrogen (secondary N) is 21. The molecule has 828 valence electrons. The molecule has 24 amide bonds. The number of amides is 24. The van der Waals surface area contributed by atoms with Crippen molar-refractivity contribution in [1.82, 2.24) is 112 Å². The van der Waals surface area contributed by atoms with Gasteiger partial charge in [-0.15, -0.1) is 0 Å². The van der Waals surface area contributed by atoms with Crippen LogP contribution >= 0.6 is 0 Å². The first-order valence-corrected chi connectivity index (χ1v) is 47.0. The zero-order valence-electron chi connectivity index (χ0n) is 87.1. The summed E-state index contributed by atoms with van der Waals surface area (Å²) in [5, 5.41) is 71.5. The smallest absolute Gasteiger partial charge is 0.245 e. The van der Waals surface area contributed by atoms with E-state index < -0.39 is 240 Å². The van der Waals surface area contributed by atoms with E-state index in [1.54, 1.807) is 0 Å². The van der Waals surface area contributed by atoms with E-state index in [0.717, 1.165) is 44.9 Å². The van der Waals surface area contributed by atoms with E-state index in [2.05, 4.69) is 131 Å². The fourth-order valence-corrected chi connectivity index (χ4v) is 11.3. The standard InChI is InChI=1S/C16H30N6O5.C15H28N6O5.C15H28N6O4.C15H28N4O4.2C14H26N4O4/c1-8(14(18)25)20-15(26)12(6-5-7-19-10(3)17)22-16(27)13(9(2)23)21-11(4)24;1-8(13(17)24)19-14(25)11(5-4-6-18-9(2)16)21-15(26)12(7-22)20-10(3)23;1-8(13(17)23)20-15(25)12(6-5-7-18-10(3)16)21-14(24)9(2)19-11(4)22;1-5-6-7-8-12(15(23)18-9(2)13(16)21)19-14(22)10(3)17-11(4)20;2*1-5-6-7-11(14(22)17-8(2)12(15)20)18-13(21)9(3)16-10(4)19/h8-9,12-13,19,23H,3,5-7,17H2,1-2,4H3,(H2,18,25)(H,20,26)(H,21,24)(H,22,27);8,11-12,18,22H,2,4-7,16H2,1,3H3,(H2,17,24)(H,19,25)(H,20,23)(H,21,26);8-9,12,18H,3,5-7,16H2,1-2,4H3,(H2,17,23)(H,19,22)(H,20,25)(H,21,24);9-10,12H,5-8H2,1-4H3,(H2,16,21)(H,17,20)(H,18,23)(H,19,22);2*8-9,11H,5-7H2,1-4H3,(H2,15,20)(H,16,19)(H,17,22)(H,18,21)/t8-,9+,12-,13+;8-,11-,12-;8-,9-,12-;9-,10-,12-;2*8-,9-,11-/m000000/s1. The van der Waals surface area contributed by atoms with Gasteiger partial charge in [-0.2, -0.15) is 0 Å². The summed E-state index contributed by atoms with van der Waals surface area (Å²) in [6, 6.07) is -15.9. The minimum Gasteiger partial charge on any atom is -0.394 e. The third-order valence-electron chi connectivity index (χ3n) is 19.6. The number of aliphatic hydroxyl groups is 2. The lowest BCUT2D eigenvalue weighted by molar-refractivity contribution is -0.134. The van der Waals surface area contributed by atoms with Crippen molar-refractivity contribution in [3.63, 3.8) is 0 Å². The minimum absolute atomic E-state index is 0.204. The first-order valence-electron chi connectivity index (χ1n) is 47.0. The van der Waals surface area contributed by atoms with Crippen LogP contribution in [0.1, 0.15) is 241 Å². The topological polar surface area (TPSA) is 937 Å². The molecule has 0 bridgehead atoms. The monoisotopic (exact) mass is 2070 g/mol. The van der Waals surface area contributed by atoms with Gasteiger partial charge in [-0.05, 0) is 134 Å². The van der Waals surface area contributed by atoms with E-state index in [9.17, 15) is 125 Å². The highest BCUT2D eigenvalue weighted by molar-refractivity contribution is 5.99. The normalized spacial score (nSPS) is 14.2. The molecule has 0 radical (unpaired) electrons. The molecule has 0 aliphatic rings. The molecule has 0 unspecified atom stereocenters. The summed E-state index contributed by atoms with van der Waals surface area (Å²) in [7, 11) is 0. The number of hydrogen-bond donors (Lipinski definition) is 32. The summed E-state index contributed by atoms with van der Waals surface area (Å²) in [4.78, 5) is 279. The summed E-state index contributed by atoms with van der Waals surface area (Å²) in [5.41, 5.74) is 46.8. The molecule has 0 heterocycles. The van der Waals surface area contributed by atoms with Crippen LogP contribution in [-0.2, 0) is 115 Å². The maximum Gasteiger partial charge on any atom is 0.245 e. The quantitative estimate of drug-likeness (QED) is 0.0251. The molecule has 41 N–H and O–H groups in total. The summed E-state index contributed by atoms with van der Waals surface area (Å²) in [6.07, 6.45) is 8.08. The van der Waals surface area contributed by atoms with Crippen molar-refractivity contribution < 1.29 is 125 Å². The Morgan fingerprint density at radius 2 is 0.400 bits per heavy atom. The van der Waals surface area contributed by atoms with Crippen LogP contribution in [0.3, 0.4) is 0 Å². The molecule has 0 aromatic rings. The summed E-state index contributed by atoms with van der Waals surface area (Å²) >= 11 is 0. The molecule has 0 rings (SSSR count). The van der Waals surface area contributed by atoms with Crippen molar-refractivity contribution >= 4 is 142 Å². The minimum atomic E-state index is -1.23. The Hall–Kier alpha value is -14.8. The largest absolute Gasteiger partial charge is 0.394 e. The lowest BCUT2D eigenvalue weighted by Gasteiger charge is -2.25. The lowest BCUT2D eigenvalue weighted by atomic mass is 10.1. The Kier molecular flexibility index (Phi) is 76.6. The Bertz CT molecular complexity index is 4180. The predicted molar refractivity (Wildman–Crippen MR) is 534 cm³/mol. The van der Waals surface area contributed by atoms with Crippen LogP contribution in [0.5, 0.6) is 0 Å². The van der Waals surface area contributed by atoms with Gasteiger partial charge in [0, 0.05) is 61.2 Å². The Balaban J connectivity index is -0.000000400. The molecule has 19 atom stereocenters. The van der Waals surface area contributed by atoms with Crippen molar-refractivity contribution in [3.05, 3.63) is 37.2 Å². The number of carbonyl (C=O) groups excluding carboxylic acids is 24. The molecule has 56 nitrogen and oxygen atoms in total. The third-order valence-corrected chi connectivity index (χ3v) is 19.6. The van der Waals surface area contributed by atoms with Crippen LogP contribution in [0.2, 0.25) is 0 Å². The van der Waals surface area contributed by atoms with Crippen LogP contribution in [0.25, 0.3) is 0 Å². The van der Waals surface area contributed by atoms with E-state index in [1.165, 1.54) is 118 Å². The molecule has 0 aliphatic heterocycles. The first kappa shape index (κ1) is 141. The van der Waals surface area contributed by atoms with Gasteiger partial charge in [-0.3, -0.25) is 115 Å².